The van der Waals surface area contributed by atoms with Crippen molar-refractivity contribution < 1.29 is 9.53 Å². The summed E-state index contributed by atoms with van der Waals surface area (Å²) in [6, 6.07) is 0.807. The third-order valence-corrected chi connectivity index (χ3v) is 2.77. The Hall–Kier alpha value is -0.770. The van der Waals surface area contributed by atoms with Crippen molar-refractivity contribution in [3.05, 3.63) is 0 Å². The fraction of sp³-hybridized carbons (Fsp3) is 0.933. The van der Waals surface area contributed by atoms with Gasteiger partial charge in [0.05, 0.1) is 0 Å². The van der Waals surface area contributed by atoms with E-state index in [0.717, 1.165) is 19.3 Å². The number of carbonyl (C=O) groups excluding carboxylic acids is 1. The second-order valence-corrected chi connectivity index (χ2v) is 6.22. The number of nitrogens with one attached hydrogen (secondary N) is 2. The van der Waals surface area contributed by atoms with Gasteiger partial charge in [-0.3, -0.25) is 0 Å². The fourth-order valence-electron chi connectivity index (χ4n) is 2.03. The molecule has 0 saturated heterocycles. The molecule has 0 aromatic carbocycles. The molecule has 0 aromatic rings. The van der Waals surface area contributed by atoms with E-state index in [9.17, 15) is 4.79 Å². The molecule has 0 radical (unpaired) electrons. The molecule has 1 amide bonds. The first-order chi connectivity index (χ1) is 8.78. The lowest BCUT2D eigenvalue weighted by molar-refractivity contribution is 0.0521. The van der Waals surface area contributed by atoms with Gasteiger partial charge in [-0.05, 0) is 40.5 Å². The van der Waals surface area contributed by atoms with E-state index in [0.29, 0.717) is 18.6 Å². The van der Waals surface area contributed by atoms with Crippen LogP contribution in [0.4, 0.5) is 4.79 Å². The minimum absolute atomic E-state index is 0.319. The standard InChI is InChI=1S/C15H32N2O2/c1-7-9-12(3)17-13(10-8-2)11-16-14(18)19-15(4,5)6/h12-13,17H,7-11H2,1-6H3,(H,16,18). The van der Waals surface area contributed by atoms with Crippen LogP contribution in [0.5, 0.6) is 0 Å². The molecule has 0 fully saturated rings. The van der Waals surface area contributed by atoms with Gasteiger partial charge < -0.3 is 15.4 Å². The maximum Gasteiger partial charge on any atom is 0.407 e. The van der Waals surface area contributed by atoms with Crippen molar-refractivity contribution in [2.75, 3.05) is 6.54 Å². The van der Waals surface area contributed by atoms with Crippen LogP contribution in [-0.4, -0.2) is 30.3 Å². The van der Waals surface area contributed by atoms with Crippen molar-refractivity contribution in [3.8, 4) is 0 Å². The SMILES string of the molecule is CCCC(C)NC(CCC)CNC(=O)OC(C)(C)C. The van der Waals surface area contributed by atoms with Crippen molar-refractivity contribution >= 4 is 6.09 Å². The molecule has 0 aliphatic carbocycles. The summed E-state index contributed by atoms with van der Waals surface area (Å²) in [4.78, 5) is 11.6. The van der Waals surface area contributed by atoms with Gasteiger partial charge in [-0.15, -0.1) is 0 Å². The van der Waals surface area contributed by atoms with Crippen LogP contribution in [-0.2, 0) is 4.74 Å². The molecule has 0 heterocycles. The van der Waals surface area contributed by atoms with Crippen molar-refractivity contribution in [1.29, 1.82) is 0 Å². The number of alkyl carbamates (subject to hydrolysis) is 1. The highest BCUT2D eigenvalue weighted by Gasteiger charge is 2.17. The number of rotatable bonds is 8. The van der Waals surface area contributed by atoms with Crippen LogP contribution < -0.4 is 10.6 Å². The summed E-state index contributed by atoms with van der Waals surface area (Å²) in [5.74, 6) is 0. The summed E-state index contributed by atoms with van der Waals surface area (Å²) in [5.41, 5.74) is -0.437. The Labute approximate surface area is 118 Å². The van der Waals surface area contributed by atoms with Crippen LogP contribution in [0.25, 0.3) is 0 Å². The Kier molecular flexibility index (Phi) is 8.81. The second kappa shape index (κ2) is 9.18. The Morgan fingerprint density at radius 2 is 1.74 bits per heavy atom. The molecule has 0 saturated carbocycles. The predicted octanol–water partition coefficient (Wildman–Crippen LogP) is 3.46. The lowest BCUT2D eigenvalue weighted by Gasteiger charge is -2.25. The maximum atomic E-state index is 11.6. The molecule has 114 valence electrons. The topological polar surface area (TPSA) is 50.4 Å². The Bertz CT molecular complexity index is 249. The van der Waals surface area contributed by atoms with Crippen molar-refractivity contribution in [2.45, 2.75) is 84.9 Å². The Balaban J connectivity index is 4.09. The van der Waals surface area contributed by atoms with Crippen molar-refractivity contribution in [1.82, 2.24) is 10.6 Å². The molecule has 4 heteroatoms. The maximum absolute atomic E-state index is 11.6. The number of ether oxygens (including phenoxy) is 1. The number of amides is 1. The van der Waals surface area contributed by atoms with Gasteiger partial charge in [0, 0.05) is 18.6 Å². The Morgan fingerprint density at radius 1 is 1.16 bits per heavy atom. The molecular formula is C15H32N2O2. The molecule has 0 rings (SSSR count). The number of hydrogen-bond donors (Lipinski definition) is 2. The average Bonchev–Trinajstić information content (AvgIpc) is 2.24. The predicted molar refractivity (Wildman–Crippen MR) is 80.4 cm³/mol. The summed E-state index contributed by atoms with van der Waals surface area (Å²) in [6.07, 6.45) is 4.16. The van der Waals surface area contributed by atoms with E-state index >= 15 is 0 Å². The van der Waals surface area contributed by atoms with Crippen LogP contribution >= 0.6 is 0 Å². The summed E-state index contributed by atoms with van der Waals surface area (Å²) in [5, 5.41) is 6.41. The highest BCUT2D eigenvalue weighted by molar-refractivity contribution is 5.67. The lowest BCUT2D eigenvalue weighted by atomic mass is 10.1. The van der Waals surface area contributed by atoms with Gasteiger partial charge in [0.2, 0.25) is 0 Å². The summed E-state index contributed by atoms with van der Waals surface area (Å²) >= 11 is 0. The van der Waals surface area contributed by atoms with Gasteiger partial charge >= 0.3 is 6.09 Å². The third-order valence-electron chi connectivity index (χ3n) is 2.77. The quantitative estimate of drug-likeness (QED) is 0.711. The van der Waals surface area contributed by atoms with Gasteiger partial charge in [-0.25, -0.2) is 4.79 Å². The number of hydrogen-bond acceptors (Lipinski definition) is 3. The van der Waals surface area contributed by atoms with Gasteiger partial charge in [-0.1, -0.05) is 26.7 Å². The molecule has 0 aliphatic rings. The van der Waals surface area contributed by atoms with E-state index in [1.165, 1.54) is 6.42 Å². The highest BCUT2D eigenvalue weighted by atomic mass is 16.6. The minimum Gasteiger partial charge on any atom is -0.444 e. The summed E-state index contributed by atoms with van der Waals surface area (Å²) in [7, 11) is 0. The molecule has 0 spiro atoms. The van der Waals surface area contributed by atoms with E-state index < -0.39 is 5.60 Å². The monoisotopic (exact) mass is 272 g/mol. The molecule has 2 unspecified atom stereocenters. The first-order valence-corrected chi connectivity index (χ1v) is 7.51. The zero-order chi connectivity index (χ0) is 14.9. The normalized spacial score (nSPS) is 14.8. The van der Waals surface area contributed by atoms with Gasteiger partial charge in [-0.2, -0.15) is 0 Å². The van der Waals surface area contributed by atoms with Crippen molar-refractivity contribution in [3.63, 3.8) is 0 Å². The van der Waals surface area contributed by atoms with Gasteiger partial charge in [0.1, 0.15) is 5.60 Å². The summed E-state index contributed by atoms with van der Waals surface area (Å²) in [6.45, 7) is 12.8. The molecule has 2 atom stereocenters. The summed E-state index contributed by atoms with van der Waals surface area (Å²) < 4.78 is 5.24. The first-order valence-electron chi connectivity index (χ1n) is 7.51. The molecule has 0 aromatic heterocycles. The van der Waals surface area contributed by atoms with E-state index in [1.807, 2.05) is 20.8 Å². The molecular weight excluding hydrogens is 240 g/mol. The molecule has 0 bridgehead atoms. The van der Waals surface area contributed by atoms with Crippen LogP contribution in [0.2, 0.25) is 0 Å². The highest BCUT2D eigenvalue weighted by Crippen LogP contribution is 2.07. The van der Waals surface area contributed by atoms with Crippen LogP contribution in [0.15, 0.2) is 0 Å². The lowest BCUT2D eigenvalue weighted by Crippen LogP contribution is -2.45. The molecule has 4 nitrogen and oxygen atoms in total. The Morgan fingerprint density at radius 3 is 2.21 bits per heavy atom. The van der Waals surface area contributed by atoms with Crippen LogP contribution in [0, 0.1) is 0 Å². The number of carbonyl (C=O) groups is 1. The molecule has 2 N–H and O–H groups in total. The zero-order valence-corrected chi connectivity index (χ0v) is 13.5. The van der Waals surface area contributed by atoms with E-state index in [-0.39, 0.29) is 6.09 Å². The second-order valence-electron chi connectivity index (χ2n) is 6.22. The van der Waals surface area contributed by atoms with Crippen molar-refractivity contribution in [2.24, 2.45) is 0 Å². The third kappa shape index (κ3) is 10.8. The minimum atomic E-state index is -0.437. The molecule has 19 heavy (non-hydrogen) atoms. The first kappa shape index (κ1) is 18.2. The molecule has 0 aliphatic heterocycles. The smallest absolute Gasteiger partial charge is 0.407 e. The van der Waals surface area contributed by atoms with Gasteiger partial charge in [0.25, 0.3) is 0 Å². The fourth-order valence-corrected chi connectivity index (χ4v) is 2.03. The van der Waals surface area contributed by atoms with E-state index in [1.54, 1.807) is 0 Å². The van der Waals surface area contributed by atoms with E-state index in [4.69, 9.17) is 4.74 Å². The zero-order valence-electron chi connectivity index (χ0n) is 13.5. The van der Waals surface area contributed by atoms with Crippen LogP contribution in [0.1, 0.15) is 67.2 Å². The van der Waals surface area contributed by atoms with Crippen LogP contribution in [0.3, 0.4) is 0 Å². The van der Waals surface area contributed by atoms with Gasteiger partial charge in [0.15, 0.2) is 0 Å². The van der Waals surface area contributed by atoms with E-state index in [2.05, 4.69) is 31.4 Å². The largest absolute Gasteiger partial charge is 0.444 e. The average molecular weight is 272 g/mol.